The number of pyridine rings is 1. The zero-order chi connectivity index (χ0) is 15.5. The minimum absolute atomic E-state index is 0.0736. The summed E-state index contributed by atoms with van der Waals surface area (Å²) in [6.45, 7) is 2.25. The summed E-state index contributed by atoms with van der Waals surface area (Å²) < 4.78 is 29.0. The second-order valence-electron chi connectivity index (χ2n) is 4.61. The Hall–Kier alpha value is -1.77. The summed E-state index contributed by atoms with van der Waals surface area (Å²) in [6.07, 6.45) is 4.09. The van der Waals surface area contributed by atoms with Gasteiger partial charge in [0.25, 0.3) is 0 Å². The molecule has 0 radical (unpaired) electrons. The predicted molar refractivity (Wildman–Crippen MR) is 78.7 cm³/mol. The Morgan fingerprint density at radius 3 is 2.81 bits per heavy atom. The molecular weight excluding hydrogens is 290 g/mol. The van der Waals surface area contributed by atoms with E-state index in [-0.39, 0.29) is 18.0 Å². The lowest BCUT2D eigenvalue weighted by molar-refractivity contribution is 0.579. The molecule has 0 spiro atoms. The molecule has 0 saturated carbocycles. The molecule has 21 heavy (non-hydrogen) atoms. The van der Waals surface area contributed by atoms with Crippen LogP contribution in [0.5, 0.6) is 0 Å². The fraction of sp³-hybridized carbons (Fsp3) is 0.385. The molecule has 0 aliphatic rings. The van der Waals surface area contributed by atoms with Crippen LogP contribution in [0.1, 0.15) is 23.9 Å². The zero-order valence-corrected chi connectivity index (χ0v) is 12.9. The average Bonchev–Trinajstić information content (AvgIpc) is 2.85. The van der Waals surface area contributed by atoms with Gasteiger partial charge in [0.15, 0.2) is 0 Å². The monoisotopic (exact) mass is 309 g/mol. The molecule has 0 amide bonds. The van der Waals surface area contributed by atoms with Crippen LogP contribution in [0.15, 0.2) is 29.4 Å². The van der Waals surface area contributed by atoms with Gasteiger partial charge in [0, 0.05) is 38.1 Å². The lowest BCUT2D eigenvalue weighted by Gasteiger charge is -2.09. The van der Waals surface area contributed by atoms with Crippen LogP contribution in [0.25, 0.3) is 0 Å². The van der Waals surface area contributed by atoms with Crippen molar-refractivity contribution < 1.29 is 8.42 Å². The fourth-order valence-corrected chi connectivity index (χ4v) is 3.31. The van der Waals surface area contributed by atoms with E-state index in [2.05, 4.69) is 14.8 Å². The first-order valence-electron chi connectivity index (χ1n) is 6.63. The van der Waals surface area contributed by atoms with E-state index in [0.29, 0.717) is 5.69 Å². The van der Waals surface area contributed by atoms with Crippen molar-refractivity contribution in [2.75, 3.05) is 0 Å². The molecule has 8 heteroatoms. The molecule has 0 unspecified atom stereocenters. The lowest BCUT2D eigenvalue weighted by Crippen LogP contribution is -2.25. The molecular formula is C13H19N5O2S. The maximum atomic E-state index is 12.4. The van der Waals surface area contributed by atoms with Gasteiger partial charge in [-0.05, 0) is 18.6 Å². The van der Waals surface area contributed by atoms with Gasteiger partial charge in [-0.3, -0.25) is 9.67 Å². The van der Waals surface area contributed by atoms with Gasteiger partial charge in [0.05, 0.1) is 11.4 Å². The Labute approximate surface area is 124 Å². The van der Waals surface area contributed by atoms with Crippen molar-refractivity contribution in [3.05, 3.63) is 41.5 Å². The summed E-state index contributed by atoms with van der Waals surface area (Å²) in [6, 6.07) is 3.08. The van der Waals surface area contributed by atoms with Crippen LogP contribution < -0.4 is 10.5 Å². The van der Waals surface area contributed by atoms with Crippen molar-refractivity contribution in [1.29, 1.82) is 0 Å². The lowest BCUT2D eigenvalue weighted by atomic mass is 10.2. The zero-order valence-electron chi connectivity index (χ0n) is 12.1. The van der Waals surface area contributed by atoms with Gasteiger partial charge < -0.3 is 5.73 Å². The number of nitrogens with zero attached hydrogens (tertiary/aromatic N) is 3. The van der Waals surface area contributed by atoms with Gasteiger partial charge >= 0.3 is 0 Å². The number of sulfonamides is 1. The van der Waals surface area contributed by atoms with Crippen LogP contribution in [0.3, 0.4) is 0 Å². The molecule has 2 aromatic rings. The summed E-state index contributed by atoms with van der Waals surface area (Å²) in [7, 11) is -1.84. The minimum Gasteiger partial charge on any atom is -0.325 e. The van der Waals surface area contributed by atoms with Gasteiger partial charge in [-0.25, -0.2) is 13.1 Å². The molecule has 3 N–H and O–H groups in total. The molecule has 0 aromatic carbocycles. The summed E-state index contributed by atoms with van der Waals surface area (Å²) in [5, 5.41) is 4.29. The second kappa shape index (κ2) is 6.33. The van der Waals surface area contributed by atoms with Crippen molar-refractivity contribution in [3.63, 3.8) is 0 Å². The van der Waals surface area contributed by atoms with Crippen LogP contribution in [-0.4, -0.2) is 23.2 Å². The highest BCUT2D eigenvalue weighted by molar-refractivity contribution is 7.89. The maximum absolute atomic E-state index is 12.4. The first-order valence-corrected chi connectivity index (χ1v) is 8.11. The first-order chi connectivity index (χ1) is 9.97. The molecule has 0 fully saturated rings. The van der Waals surface area contributed by atoms with Crippen LogP contribution in [0.2, 0.25) is 0 Å². The number of rotatable bonds is 6. The Bertz CT molecular complexity index is 724. The molecule has 0 aliphatic heterocycles. The van der Waals surface area contributed by atoms with Crippen LogP contribution >= 0.6 is 0 Å². The second-order valence-corrected chi connectivity index (χ2v) is 6.34. The van der Waals surface area contributed by atoms with Crippen LogP contribution in [0.4, 0.5) is 0 Å². The molecule has 2 rings (SSSR count). The molecule has 0 aliphatic carbocycles. The van der Waals surface area contributed by atoms with Crippen molar-refractivity contribution >= 4 is 10.0 Å². The number of hydrogen-bond donors (Lipinski definition) is 2. The molecule has 114 valence electrons. The minimum atomic E-state index is -3.65. The standard InChI is InChI=1S/C13H19N5O2S/c1-3-11-10(9-18(2)17-11)8-16-21(19,20)13-5-4-6-15-12(13)7-14/h4-6,9,16H,3,7-8,14H2,1-2H3. The molecule has 0 bridgehead atoms. The van der Waals surface area contributed by atoms with E-state index in [0.717, 1.165) is 17.7 Å². The highest BCUT2D eigenvalue weighted by Crippen LogP contribution is 2.14. The molecule has 2 aromatic heterocycles. The number of aryl methyl sites for hydroxylation is 2. The van der Waals surface area contributed by atoms with Crippen LogP contribution in [-0.2, 0) is 36.6 Å². The normalized spacial score (nSPS) is 11.8. The van der Waals surface area contributed by atoms with Crippen LogP contribution in [0, 0.1) is 0 Å². The van der Waals surface area contributed by atoms with E-state index in [9.17, 15) is 8.42 Å². The molecule has 0 saturated heterocycles. The highest BCUT2D eigenvalue weighted by atomic mass is 32.2. The van der Waals surface area contributed by atoms with E-state index < -0.39 is 10.0 Å². The van der Waals surface area contributed by atoms with Crippen molar-refractivity contribution in [1.82, 2.24) is 19.5 Å². The summed E-state index contributed by atoms with van der Waals surface area (Å²) in [5.41, 5.74) is 7.63. The third kappa shape index (κ3) is 3.46. The van der Waals surface area contributed by atoms with Crippen molar-refractivity contribution in [2.24, 2.45) is 12.8 Å². The average molecular weight is 309 g/mol. The molecule has 7 nitrogen and oxygen atoms in total. The van der Waals surface area contributed by atoms with Crippen molar-refractivity contribution in [2.45, 2.75) is 31.3 Å². The smallest absolute Gasteiger partial charge is 0.242 e. The topological polar surface area (TPSA) is 103 Å². The Morgan fingerprint density at radius 1 is 1.38 bits per heavy atom. The number of aromatic nitrogens is 3. The van der Waals surface area contributed by atoms with E-state index in [1.165, 1.54) is 12.3 Å². The fourth-order valence-electron chi connectivity index (χ4n) is 2.10. The van der Waals surface area contributed by atoms with E-state index in [4.69, 9.17) is 5.73 Å². The largest absolute Gasteiger partial charge is 0.325 e. The first kappa shape index (κ1) is 15.6. The Kier molecular flexibility index (Phi) is 4.71. The van der Waals surface area contributed by atoms with Gasteiger partial charge in [-0.2, -0.15) is 5.10 Å². The Morgan fingerprint density at radius 2 is 2.14 bits per heavy atom. The number of nitrogens with one attached hydrogen (secondary N) is 1. The van der Waals surface area contributed by atoms with E-state index >= 15 is 0 Å². The third-order valence-corrected chi connectivity index (χ3v) is 4.59. The summed E-state index contributed by atoms with van der Waals surface area (Å²) in [5.74, 6) is 0. The van der Waals surface area contributed by atoms with E-state index in [1.54, 1.807) is 10.7 Å². The predicted octanol–water partition coefficient (Wildman–Crippen LogP) is 0.315. The SMILES string of the molecule is CCc1nn(C)cc1CNS(=O)(=O)c1cccnc1CN. The van der Waals surface area contributed by atoms with Gasteiger partial charge in [0.1, 0.15) is 4.90 Å². The highest BCUT2D eigenvalue weighted by Gasteiger charge is 2.19. The number of nitrogens with two attached hydrogens (primary N) is 1. The summed E-state index contributed by atoms with van der Waals surface area (Å²) >= 11 is 0. The van der Waals surface area contributed by atoms with Crippen molar-refractivity contribution in [3.8, 4) is 0 Å². The Balaban J connectivity index is 2.22. The quantitative estimate of drug-likeness (QED) is 0.799. The third-order valence-electron chi connectivity index (χ3n) is 3.11. The van der Waals surface area contributed by atoms with Gasteiger partial charge in [-0.1, -0.05) is 6.92 Å². The molecule has 0 atom stereocenters. The number of hydrogen-bond acceptors (Lipinski definition) is 5. The molecule has 2 heterocycles. The van der Waals surface area contributed by atoms with Gasteiger partial charge in [-0.15, -0.1) is 0 Å². The maximum Gasteiger partial charge on any atom is 0.242 e. The summed E-state index contributed by atoms with van der Waals surface area (Å²) in [4.78, 5) is 4.12. The van der Waals surface area contributed by atoms with E-state index in [1.807, 2.05) is 20.2 Å². The van der Waals surface area contributed by atoms with Gasteiger partial charge in [0.2, 0.25) is 10.0 Å².